The van der Waals surface area contributed by atoms with Crippen molar-refractivity contribution < 1.29 is 0 Å². The molecule has 13 heavy (non-hydrogen) atoms. The molecule has 0 aromatic heterocycles. The first-order chi connectivity index (χ1) is 6.07. The number of nitrogens with two attached hydrogens (primary N) is 1. The topological polar surface area (TPSA) is 26.0 Å². The van der Waals surface area contributed by atoms with Gasteiger partial charge in [-0.05, 0) is 57.6 Å². The Hall–Kier alpha value is -0.470. The van der Waals surface area contributed by atoms with E-state index < -0.39 is 0 Å². The molecule has 0 saturated heterocycles. The lowest BCUT2D eigenvalue weighted by Gasteiger charge is -1.99. The first kappa shape index (κ1) is 12.5. The summed E-state index contributed by atoms with van der Waals surface area (Å²) in [6.45, 7) is 7.99. The molecular weight excluding hydrogens is 273 g/mol. The van der Waals surface area contributed by atoms with Crippen molar-refractivity contribution in [3.63, 3.8) is 0 Å². The molecule has 0 aromatic rings. The second kappa shape index (κ2) is 6.98. The largest absolute Gasteiger partial charge is 0.392 e. The van der Waals surface area contributed by atoms with E-state index in [4.69, 9.17) is 5.73 Å². The van der Waals surface area contributed by atoms with Crippen molar-refractivity contribution in [2.45, 2.75) is 26.7 Å². The lowest BCUT2D eigenvalue weighted by Crippen LogP contribution is -1.97. The minimum absolute atomic E-state index is 0.663. The van der Waals surface area contributed by atoms with Gasteiger partial charge in [0.15, 0.2) is 0 Å². The monoisotopic (exact) mass is 289 g/mol. The highest BCUT2D eigenvalue weighted by molar-refractivity contribution is 14.1. The number of rotatable bonds is 4. The van der Waals surface area contributed by atoms with Gasteiger partial charge in [-0.2, -0.15) is 0 Å². The highest BCUT2D eigenvalue weighted by Crippen LogP contribution is 2.11. The molecule has 0 amide bonds. The first-order valence-electron chi connectivity index (χ1n) is 4.29. The molecule has 0 aliphatic rings. The summed E-state index contributed by atoms with van der Waals surface area (Å²) in [5, 5.41) is 0. The van der Waals surface area contributed by atoms with Gasteiger partial charge in [-0.1, -0.05) is 25.3 Å². The van der Waals surface area contributed by atoms with Crippen molar-refractivity contribution in [1.29, 1.82) is 0 Å². The van der Waals surface area contributed by atoms with Crippen LogP contribution in [0.1, 0.15) is 26.7 Å². The Kier molecular flexibility index (Phi) is 6.73. The van der Waals surface area contributed by atoms with Crippen LogP contribution in [0.3, 0.4) is 0 Å². The van der Waals surface area contributed by atoms with E-state index in [-0.39, 0.29) is 0 Å². The standard InChI is InChI=1S/C11H16IN/c1-4-5-6-11(13)9(2)7-8-10(3)12/h5,8H,2,4,7,13H2,1,3H3/b10-8-. The maximum Gasteiger partial charge on any atom is 0.0773 e. The van der Waals surface area contributed by atoms with E-state index in [2.05, 4.69) is 54.8 Å². The van der Waals surface area contributed by atoms with E-state index >= 15 is 0 Å². The van der Waals surface area contributed by atoms with Gasteiger partial charge >= 0.3 is 0 Å². The summed E-state index contributed by atoms with van der Waals surface area (Å²) in [7, 11) is 0. The SMILES string of the molecule is C=C(C/C=C(/C)I)C(N)=C=CCC. The average Bonchev–Trinajstić information content (AvgIpc) is 2.10. The van der Waals surface area contributed by atoms with Gasteiger partial charge in [0.1, 0.15) is 0 Å². The number of allylic oxidation sites excluding steroid dienone is 3. The summed E-state index contributed by atoms with van der Waals surface area (Å²) in [6, 6.07) is 0. The third-order valence-corrected chi connectivity index (χ3v) is 1.91. The molecule has 72 valence electrons. The van der Waals surface area contributed by atoms with Crippen LogP contribution in [-0.4, -0.2) is 0 Å². The van der Waals surface area contributed by atoms with E-state index in [0.717, 1.165) is 18.4 Å². The molecule has 2 N–H and O–H groups in total. The molecule has 0 fully saturated rings. The minimum atomic E-state index is 0.663. The van der Waals surface area contributed by atoms with E-state index in [9.17, 15) is 0 Å². The lowest BCUT2D eigenvalue weighted by atomic mass is 10.1. The molecule has 0 unspecified atom stereocenters. The molecule has 0 bridgehead atoms. The molecule has 0 rings (SSSR count). The second-order valence-electron chi connectivity index (χ2n) is 2.77. The van der Waals surface area contributed by atoms with Gasteiger partial charge in [0.25, 0.3) is 0 Å². The lowest BCUT2D eigenvalue weighted by molar-refractivity contribution is 1.18. The Labute approximate surface area is 94.2 Å². The van der Waals surface area contributed by atoms with Crippen LogP contribution in [0.15, 0.2) is 39.3 Å². The predicted molar refractivity (Wildman–Crippen MR) is 67.6 cm³/mol. The van der Waals surface area contributed by atoms with Crippen molar-refractivity contribution in [2.75, 3.05) is 0 Å². The van der Waals surface area contributed by atoms with E-state index in [1.54, 1.807) is 0 Å². The van der Waals surface area contributed by atoms with Gasteiger partial charge in [-0.25, -0.2) is 0 Å². The number of hydrogen-bond acceptors (Lipinski definition) is 1. The van der Waals surface area contributed by atoms with Crippen molar-refractivity contribution in [1.82, 2.24) is 0 Å². The summed E-state index contributed by atoms with van der Waals surface area (Å²) >= 11 is 2.27. The Morgan fingerprint density at radius 3 is 2.69 bits per heavy atom. The van der Waals surface area contributed by atoms with Gasteiger partial charge in [0.2, 0.25) is 0 Å². The van der Waals surface area contributed by atoms with Crippen LogP contribution in [-0.2, 0) is 0 Å². The highest BCUT2D eigenvalue weighted by Gasteiger charge is 1.93. The zero-order chi connectivity index (χ0) is 10.3. The van der Waals surface area contributed by atoms with E-state index in [1.165, 1.54) is 3.58 Å². The molecule has 0 radical (unpaired) electrons. The number of halogens is 1. The molecule has 0 aliphatic carbocycles. The quantitative estimate of drug-likeness (QED) is 0.477. The fourth-order valence-corrected chi connectivity index (χ4v) is 0.908. The molecular formula is C11H16IN. The van der Waals surface area contributed by atoms with Gasteiger partial charge in [0.05, 0.1) is 5.70 Å². The van der Waals surface area contributed by atoms with Crippen molar-refractivity contribution in [3.8, 4) is 0 Å². The third-order valence-electron chi connectivity index (χ3n) is 1.47. The van der Waals surface area contributed by atoms with Crippen LogP contribution in [0.25, 0.3) is 0 Å². The van der Waals surface area contributed by atoms with Crippen molar-refractivity contribution >= 4 is 22.6 Å². The maximum atomic E-state index is 5.73. The van der Waals surface area contributed by atoms with E-state index in [0.29, 0.717) is 5.70 Å². The van der Waals surface area contributed by atoms with Crippen molar-refractivity contribution in [2.24, 2.45) is 5.73 Å². The van der Waals surface area contributed by atoms with Crippen LogP contribution in [0.2, 0.25) is 0 Å². The van der Waals surface area contributed by atoms with Crippen LogP contribution < -0.4 is 5.73 Å². The van der Waals surface area contributed by atoms with E-state index in [1.807, 2.05) is 6.08 Å². The van der Waals surface area contributed by atoms with Crippen LogP contribution in [0, 0.1) is 0 Å². The van der Waals surface area contributed by atoms with Crippen LogP contribution in [0.4, 0.5) is 0 Å². The first-order valence-corrected chi connectivity index (χ1v) is 5.36. The number of hydrogen-bond donors (Lipinski definition) is 1. The Morgan fingerprint density at radius 2 is 2.23 bits per heavy atom. The predicted octanol–water partition coefficient (Wildman–Crippen LogP) is 3.68. The molecule has 0 saturated carbocycles. The van der Waals surface area contributed by atoms with Gasteiger partial charge < -0.3 is 5.73 Å². The molecule has 0 spiro atoms. The zero-order valence-electron chi connectivity index (χ0n) is 8.23. The van der Waals surface area contributed by atoms with Crippen LogP contribution in [0.5, 0.6) is 0 Å². The summed E-state index contributed by atoms with van der Waals surface area (Å²) in [5.74, 6) is 0. The average molecular weight is 289 g/mol. The Bertz CT molecular complexity index is 264. The summed E-state index contributed by atoms with van der Waals surface area (Å²) in [5.41, 5.74) is 10.3. The normalized spacial score (nSPS) is 10.5. The minimum Gasteiger partial charge on any atom is -0.392 e. The fraction of sp³-hybridized carbons (Fsp3) is 0.364. The summed E-state index contributed by atoms with van der Waals surface area (Å²) in [4.78, 5) is 0. The second-order valence-corrected chi connectivity index (χ2v) is 4.47. The summed E-state index contributed by atoms with van der Waals surface area (Å²) in [6.07, 6.45) is 5.78. The molecule has 0 aromatic carbocycles. The summed E-state index contributed by atoms with van der Waals surface area (Å²) < 4.78 is 1.26. The third kappa shape index (κ3) is 6.67. The zero-order valence-corrected chi connectivity index (χ0v) is 10.4. The molecule has 2 heteroatoms. The Balaban J connectivity index is 4.28. The Morgan fingerprint density at radius 1 is 1.62 bits per heavy atom. The van der Waals surface area contributed by atoms with Gasteiger partial charge in [0, 0.05) is 0 Å². The van der Waals surface area contributed by atoms with Gasteiger partial charge in [-0.3, -0.25) is 0 Å². The molecule has 0 atom stereocenters. The highest BCUT2D eigenvalue weighted by atomic mass is 127. The maximum absolute atomic E-state index is 5.73. The van der Waals surface area contributed by atoms with Gasteiger partial charge in [-0.15, -0.1) is 0 Å². The molecule has 0 heterocycles. The van der Waals surface area contributed by atoms with Crippen molar-refractivity contribution in [3.05, 3.63) is 39.3 Å². The molecule has 1 nitrogen and oxygen atoms in total. The van der Waals surface area contributed by atoms with Crippen LogP contribution >= 0.6 is 22.6 Å². The molecule has 0 aliphatic heterocycles. The smallest absolute Gasteiger partial charge is 0.0773 e. The fourth-order valence-electron chi connectivity index (χ4n) is 0.688.